The van der Waals surface area contributed by atoms with Crippen molar-refractivity contribution in [2.75, 3.05) is 13.2 Å². The highest BCUT2D eigenvalue weighted by Crippen LogP contribution is 2.40. The molecule has 0 spiro atoms. The Morgan fingerprint density at radius 2 is 1.20 bits per heavy atom. The fourth-order valence-electron chi connectivity index (χ4n) is 4.99. The summed E-state index contributed by atoms with van der Waals surface area (Å²) in [5.41, 5.74) is -3.68. The molecule has 4 nitrogen and oxygen atoms in total. The lowest BCUT2D eigenvalue weighted by Crippen LogP contribution is -2.26. The number of hydrogen-bond acceptors (Lipinski definition) is 4. The fourth-order valence-corrected chi connectivity index (χ4v) is 4.99. The smallest absolute Gasteiger partial charge is 0.429 e. The highest BCUT2D eigenvalue weighted by Gasteiger charge is 2.41. The van der Waals surface area contributed by atoms with Crippen LogP contribution in [0.2, 0.25) is 0 Å². The van der Waals surface area contributed by atoms with E-state index in [4.69, 9.17) is 9.47 Å². The molecule has 0 N–H and O–H groups in total. The molecule has 260 valence electrons. The monoisotopic (exact) mass is 704 g/mol. The first-order valence-corrected chi connectivity index (χ1v) is 14.4. The van der Waals surface area contributed by atoms with E-state index in [2.05, 4.69) is 9.47 Å². The van der Waals surface area contributed by atoms with E-state index in [1.165, 1.54) is 12.1 Å². The van der Waals surface area contributed by atoms with Gasteiger partial charge >= 0.3 is 12.5 Å². The topological polar surface area (TPSA) is 36.9 Å². The molecular formula is C34H23F11O4. The predicted octanol–water partition coefficient (Wildman–Crippen LogP) is 10.5. The molecule has 0 amide bonds. The molecule has 0 atom stereocenters. The van der Waals surface area contributed by atoms with Crippen LogP contribution in [0.1, 0.15) is 30.8 Å². The van der Waals surface area contributed by atoms with Gasteiger partial charge < -0.3 is 18.9 Å². The molecule has 0 aliphatic carbocycles. The third-order valence-corrected chi connectivity index (χ3v) is 7.19. The quantitative estimate of drug-likeness (QED) is 0.128. The molecule has 4 aromatic rings. The maximum absolute atomic E-state index is 15.1. The summed E-state index contributed by atoms with van der Waals surface area (Å²) in [5.74, 6) is -12.5. The van der Waals surface area contributed by atoms with Crippen LogP contribution in [0, 0.1) is 40.8 Å². The van der Waals surface area contributed by atoms with Crippen molar-refractivity contribution >= 4 is 0 Å². The van der Waals surface area contributed by atoms with E-state index >= 15 is 22.0 Å². The zero-order valence-corrected chi connectivity index (χ0v) is 25.0. The van der Waals surface area contributed by atoms with E-state index in [0.29, 0.717) is 55.7 Å². The Morgan fingerprint density at radius 3 is 1.71 bits per heavy atom. The van der Waals surface area contributed by atoms with Crippen molar-refractivity contribution in [3.05, 3.63) is 119 Å². The lowest BCUT2D eigenvalue weighted by Gasteiger charge is -2.28. The first-order valence-electron chi connectivity index (χ1n) is 14.4. The van der Waals surface area contributed by atoms with Crippen LogP contribution >= 0.6 is 0 Å². The predicted molar refractivity (Wildman–Crippen MR) is 152 cm³/mol. The molecule has 0 aromatic heterocycles. The summed E-state index contributed by atoms with van der Waals surface area (Å²) in [7, 11) is 0. The van der Waals surface area contributed by atoms with Crippen molar-refractivity contribution < 1.29 is 67.2 Å². The highest BCUT2D eigenvalue weighted by molar-refractivity contribution is 5.67. The maximum atomic E-state index is 15.1. The van der Waals surface area contributed by atoms with E-state index in [9.17, 15) is 26.3 Å². The molecule has 1 saturated heterocycles. The van der Waals surface area contributed by atoms with Gasteiger partial charge in [0.2, 0.25) is 5.75 Å². The molecule has 1 heterocycles. The number of allylic oxidation sites excluding steroid dienone is 1. The van der Waals surface area contributed by atoms with Gasteiger partial charge in [-0.05, 0) is 60.0 Å². The zero-order valence-electron chi connectivity index (χ0n) is 25.0. The summed E-state index contributed by atoms with van der Waals surface area (Å²) >= 11 is 0. The minimum atomic E-state index is -5.43. The molecular weight excluding hydrogens is 681 g/mol. The van der Waals surface area contributed by atoms with Crippen molar-refractivity contribution in [3.63, 3.8) is 0 Å². The summed E-state index contributed by atoms with van der Waals surface area (Å²) in [6.45, 7) is 2.59. The third-order valence-electron chi connectivity index (χ3n) is 7.19. The number of alkyl halides is 5. The molecule has 1 aliphatic rings. The van der Waals surface area contributed by atoms with Crippen LogP contribution < -0.4 is 9.47 Å². The van der Waals surface area contributed by atoms with Crippen molar-refractivity contribution in [2.24, 2.45) is 5.92 Å². The van der Waals surface area contributed by atoms with Gasteiger partial charge in [0.05, 0.1) is 13.2 Å². The van der Waals surface area contributed by atoms with Gasteiger partial charge in [-0.15, -0.1) is 13.2 Å². The molecule has 4 aromatic carbocycles. The summed E-state index contributed by atoms with van der Waals surface area (Å²) < 4.78 is 174. The number of benzene rings is 4. The van der Waals surface area contributed by atoms with Crippen molar-refractivity contribution in [1.82, 2.24) is 0 Å². The summed E-state index contributed by atoms with van der Waals surface area (Å²) in [6, 6.07) is 6.73. The van der Waals surface area contributed by atoms with Gasteiger partial charge in [0, 0.05) is 28.7 Å². The maximum Gasteiger partial charge on any atom is 0.573 e. The Morgan fingerprint density at radius 1 is 0.673 bits per heavy atom. The molecule has 0 bridgehead atoms. The van der Waals surface area contributed by atoms with E-state index < -0.39 is 87.4 Å². The average molecular weight is 705 g/mol. The molecule has 0 radical (unpaired) electrons. The molecule has 15 heteroatoms. The van der Waals surface area contributed by atoms with Gasteiger partial charge in [0.25, 0.3) is 0 Å². The van der Waals surface area contributed by atoms with E-state index in [1.807, 2.05) is 19.1 Å². The molecule has 0 unspecified atom stereocenters. The minimum Gasteiger partial charge on any atom is -0.429 e. The van der Waals surface area contributed by atoms with Gasteiger partial charge in [-0.3, -0.25) is 0 Å². The average Bonchev–Trinajstić information content (AvgIpc) is 3.01. The van der Waals surface area contributed by atoms with Crippen LogP contribution in [0.15, 0.2) is 72.8 Å². The van der Waals surface area contributed by atoms with Gasteiger partial charge in [0.1, 0.15) is 34.6 Å². The second-order valence-corrected chi connectivity index (χ2v) is 10.7. The number of halogens is 11. The Hall–Kier alpha value is -4.63. The summed E-state index contributed by atoms with van der Waals surface area (Å²) in [6.07, 6.45) is -6.38. The summed E-state index contributed by atoms with van der Waals surface area (Å²) in [5, 5.41) is 0. The minimum absolute atomic E-state index is 0.0124. The van der Waals surface area contributed by atoms with Gasteiger partial charge in [-0.25, -0.2) is 26.3 Å². The Kier molecular flexibility index (Phi) is 10.2. The SMILES string of the molecule is CC/C=C/C1COC(c2ccc(-c3cc(F)c(C(F)(F)Oc4ccc(-c5cc(F)c(OC(F)(F)F)c(F)c5)c(F)c4)c(F)c3)c(F)c2)OC1. The first kappa shape index (κ1) is 35.7. The van der Waals surface area contributed by atoms with Gasteiger partial charge in [-0.1, -0.05) is 31.2 Å². The van der Waals surface area contributed by atoms with Crippen molar-refractivity contribution in [3.8, 4) is 33.8 Å². The standard InChI is InChI=1S/C34H23F11O4/c1-2-3-4-17-15-46-32(47-16-17)18-5-7-22(24(35)9-18)19-10-26(37)30(27(38)11-19)33(41,42)48-21-6-8-23(25(36)14-21)20-12-28(39)31(29(40)13-20)49-34(43,44)45/h3-14,17,32H,2,15-16H2,1H3/b4-3+. The van der Waals surface area contributed by atoms with Crippen LogP contribution in [0.25, 0.3) is 22.3 Å². The molecule has 49 heavy (non-hydrogen) atoms. The molecule has 5 rings (SSSR count). The lowest BCUT2D eigenvalue weighted by atomic mass is 10.00. The number of rotatable bonds is 9. The van der Waals surface area contributed by atoms with Gasteiger partial charge in [0.15, 0.2) is 17.9 Å². The zero-order chi connectivity index (χ0) is 35.7. The Labute approximate surface area is 271 Å². The van der Waals surface area contributed by atoms with Crippen molar-refractivity contribution in [1.29, 1.82) is 0 Å². The van der Waals surface area contributed by atoms with Crippen molar-refractivity contribution in [2.45, 2.75) is 32.1 Å². The second kappa shape index (κ2) is 14.1. The normalized spacial score (nSPS) is 17.1. The van der Waals surface area contributed by atoms with Crippen LogP contribution in [-0.4, -0.2) is 19.6 Å². The van der Waals surface area contributed by atoms with Crippen LogP contribution in [0.5, 0.6) is 11.5 Å². The van der Waals surface area contributed by atoms with Crippen LogP contribution in [0.3, 0.4) is 0 Å². The Balaban J connectivity index is 1.33. The second-order valence-electron chi connectivity index (χ2n) is 10.7. The van der Waals surface area contributed by atoms with Crippen LogP contribution in [-0.2, 0) is 15.6 Å². The number of hydrogen-bond donors (Lipinski definition) is 0. The summed E-state index contributed by atoms with van der Waals surface area (Å²) in [4.78, 5) is 0. The number of ether oxygens (including phenoxy) is 4. The van der Waals surface area contributed by atoms with E-state index in [-0.39, 0.29) is 17.0 Å². The molecule has 0 saturated carbocycles. The Bertz CT molecular complexity index is 1820. The molecule has 1 fully saturated rings. The highest BCUT2D eigenvalue weighted by atomic mass is 19.4. The fraction of sp³-hybridized carbons (Fsp3) is 0.235. The first-order chi connectivity index (χ1) is 23.1. The van der Waals surface area contributed by atoms with E-state index in [0.717, 1.165) is 12.5 Å². The van der Waals surface area contributed by atoms with Gasteiger partial charge in [-0.2, -0.15) is 8.78 Å². The third kappa shape index (κ3) is 8.16. The van der Waals surface area contributed by atoms with E-state index in [1.54, 1.807) is 0 Å². The largest absolute Gasteiger partial charge is 0.573 e. The van der Waals surface area contributed by atoms with Crippen LogP contribution in [0.4, 0.5) is 48.3 Å². The lowest BCUT2D eigenvalue weighted by molar-refractivity contribution is -0.276. The molecule has 1 aliphatic heterocycles.